The molecular formula is C11H15BrClN3O3. The SMILES string of the molecule is CC(C)(N)CNC(=O)c1ccc([N+](=O)[O-])cc1Br.Cl. The second-order valence-corrected chi connectivity index (χ2v) is 5.45. The molecule has 0 atom stereocenters. The minimum Gasteiger partial charge on any atom is -0.350 e. The lowest BCUT2D eigenvalue weighted by Crippen LogP contribution is -2.45. The third-order valence-electron chi connectivity index (χ3n) is 2.11. The van der Waals surface area contributed by atoms with Crippen molar-refractivity contribution < 1.29 is 9.72 Å². The van der Waals surface area contributed by atoms with Gasteiger partial charge in [0.15, 0.2) is 0 Å². The number of hydrogen-bond acceptors (Lipinski definition) is 4. The Balaban J connectivity index is 0.00000324. The molecule has 0 bridgehead atoms. The molecule has 0 saturated heterocycles. The third-order valence-corrected chi connectivity index (χ3v) is 2.77. The quantitative estimate of drug-likeness (QED) is 0.641. The van der Waals surface area contributed by atoms with Crippen LogP contribution >= 0.6 is 28.3 Å². The van der Waals surface area contributed by atoms with Gasteiger partial charge in [0.1, 0.15) is 0 Å². The summed E-state index contributed by atoms with van der Waals surface area (Å²) in [6, 6.07) is 3.98. The van der Waals surface area contributed by atoms with Crippen LogP contribution in [-0.2, 0) is 0 Å². The molecule has 0 fully saturated rings. The van der Waals surface area contributed by atoms with Crippen molar-refractivity contribution in [2.75, 3.05) is 6.54 Å². The molecule has 106 valence electrons. The maximum atomic E-state index is 11.8. The predicted molar refractivity (Wildman–Crippen MR) is 78.6 cm³/mol. The van der Waals surface area contributed by atoms with Gasteiger partial charge in [-0.1, -0.05) is 0 Å². The van der Waals surface area contributed by atoms with E-state index in [9.17, 15) is 14.9 Å². The summed E-state index contributed by atoms with van der Waals surface area (Å²) in [7, 11) is 0. The molecule has 1 aromatic rings. The van der Waals surface area contributed by atoms with Gasteiger partial charge in [0.2, 0.25) is 0 Å². The van der Waals surface area contributed by atoms with Crippen LogP contribution in [0.3, 0.4) is 0 Å². The first-order chi connectivity index (χ1) is 8.20. The maximum Gasteiger partial charge on any atom is 0.270 e. The zero-order valence-electron chi connectivity index (χ0n) is 10.5. The highest BCUT2D eigenvalue weighted by Gasteiger charge is 2.17. The largest absolute Gasteiger partial charge is 0.350 e. The van der Waals surface area contributed by atoms with Gasteiger partial charge >= 0.3 is 0 Å². The Labute approximate surface area is 125 Å². The molecule has 0 aromatic heterocycles. The van der Waals surface area contributed by atoms with E-state index in [0.29, 0.717) is 16.6 Å². The van der Waals surface area contributed by atoms with Crippen LogP contribution in [0.1, 0.15) is 24.2 Å². The van der Waals surface area contributed by atoms with Crippen LogP contribution in [0.25, 0.3) is 0 Å². The Kier molecular flexibility index (Phi) is 6.41. The van der Waals surface area contributed by atoms with Crippen LogP contribution in [-0.4, -0.2) is 22.9 Å². The molecule has 0 aliphatic heterocycles. The Morgan fingerprint density at radius 1 is 1.53 bits per heavy atom. The number of nitrogens with zero attached hydrogens (tertiary/aromatic N) is 1. The molecule has 1 amide bonds. The summed E-state index contributed by atoms with van der Waals surface area (Å²) in [5.74, 6) is -0.324. The molecule has 1 aromatic carbocycles. The first kappa shape index (κ1) is 17.8. The van der Waals surface area contributed by atoms with Crippen molar-refractivity contribution >= 4 is 39.9 Å². The van der Waals surface area contributed by atoms with Crippen molar-refractivity contribution in [1.82, 2.24) is 5.32 Å². The standard InChI is InChI=1S/C11H14BrN3O3.ClH/c1-11(2,13)6-14-10(16)8-4-3-7(15(17)18)5-9(8)12;/h3-5H,6,13H2,1-2H3,(H,14,16);1H. The number of rotatable bonds is 4. The summed E-state index contributed by atoms with van der Waals surface area (Å²) in [6.45, 7) is 3.89. The molecule has 0 saturated carbocycles. The van der Waals surface area contributed by atoms with E-state index in [2.05, 4.69) is 21.2 Å². The van der Waals surface area contributed by atoms with E-state index in [1.165, 1.54) is 18.2 Å². The number of benzene rings is 1. The van der Waals surface area contributed by atoms with Gasteiger partial charge in [-0.2, -0.15) is 0 Å². The molecule has 19 heavy (non-hydrogen) atoms. The molecule has 0 aliphatic carbocycles. The van der Waals surface area contributed by atoms with E-state index in [1.54, 1.807) is 13.8 Å². The van der Waals surface area contributed by atoms with E-state index in [-0.39, 0.29) is 24.0 Å². The van der Waals surface area contributed by atoms with Gasteiger partial charge in [0.05, 0.1) is 10.5 Å². The normalized spacial score (nSPS) is 10.5. The van der Waals surface area contributed by atoms with Gasteiger partial charge in [-0.3, -0.25) is 14.9 Å². The highest BCUT2D eigenvalue weighted by atomic mass is 79.9. The molecule has 0 heterocycles. The molecule has 0 unspecified atom stereocenters. The first-order valence-corrected chi connectivity index (χ1v) is 6.01. The molecule has 0 radical (unpaired) electrons. The van der Waals surface area contributed by atoms with Gasteiger partial charge in [0, 0.05) is 28.7 Å². The van der Waals surface area contributed by atoms with Gasteiger partial charge in [-0.05, 0) is 35.8 Å². The fraction of sp³-hybridized carbons (Fsp3) is 0.364. The third kappa shape index (κ3) is 5.54. The van der Waals surface area contributed by atoms with Crippen molar-refractivity contribution in [3.63, 3.8) is 0 Å². The lowest BCUT2D eigenvalue weighted by molar-refractivity contribution is -0.384. The van der Waals surface area contributed by atoms with Crippen LogP contribution in [0.2, 0.25) is 0 Å². The van der Waals surface area contributed by atoms with Crippen LogP contribution in [0, 0.1) is 10.1 Å². The second-order valence-electron chi connectivity index (χ2n) is 4.59. The lowest BCUT2D eigenvalue weighted by Gasteiger charge is -2.19. The Bertz CT molecular complexity index is 489. The summed E-state index contributed by atoms with van der Waals surface area (Å²) in [4.78, 5) is 21.9. The second kappa shape index (κ2) is 6.83. The fourth-order valence-electron chi connectivity index (χ4n) is 1.21. The monoisotopic (exact) mass is 351 g/mol. The number of nitro groups is 1. The Morgan fingerprint density at radius 3 is 2.53 bits per heavy atom. The fourth-order valence-corrected chi connectivity index (χ4v) is 1.75. The highest BCUT2D eigenvalue weighted by Crippen LogP contribution is 2.22. The average Bonchev–Trinajstić information content (AvgIpc) is 2.24. The van der Waals surface area contributed by atoms with E-state index >= 15 is 0 Å². The van der Waals surface area contributed by atoms with Crippen molar-refractivity contribution in [2.24, 2.45) is 5.73 Å². The van der Waals surface area contributed by atoms with Gasteiger partial charge in [0.25, 0.3) is 11.6 Å². The molecule has 0 spiro atoms. The van der Waals surface area contributed by atoms with E-state index in [1.807, 2.05) is 0 Å². The number of halogens is 2. The summed E-state index contributed by atoms with van der Waals surface area (Å²) in [5.41, 5.74) is 5.50. The van der Waals surface area contributed by atoms with Crippen molar-refractivity contribution in [2.45, 2.75) is 19.4 Å². The summed E-state index contributed by atoms with van der Waals surface area (Å²) < 4.78 is 0.379. The van der Waals surface area contributed by atoms with Crippen LogP contribution in [0.15, 0.2) is 22.7 Å². The van der Waals surface area contributed by atoms with Gasteiger partial charge in [-0.15, -0.1) is 12.4 Å². The number of non-ortho nitro benzene ring substituents is 1. The number of nitrogens with one attached hydrogen (secondary N) is 1. The Hall–Kier alpha value is -1.18. The predicted octanol–water partition coefficient (Wildman–Crippen LogP) is 2.25. The zero-order valence-corrected chi connectivity index (χ0v) is 12.9. The first-order valence-electron chi connectivity index (χ1n) is 5.22. The maximum absolute atomic E-state index is 11.8. The summed E-state index contributed by atoms with van der Waals surface area (Å²) in [6.07, 6.45) is 0. The molecular weight excluding hydrogens is 337 g/mol. The molecule has 8 heteroatoms. The average molecular weight is 353 g/mol. The smallest absolute Gasteiger partial charge is 0.270 e. The number of carbonyl (C=O) groups is 1. The zero-order chi connectivity index (χ0) is 13.9. The van der Waals surface area contributed by atoms with Crippen molar-refractivity contribution in [3.05, 3.63) is 38.3 Å². The van der Waals surface area contributed by atoms with Crippen LogP contribution in [0.5, 0.6) is 0 Å². The molecule has 3 N–H and O–H groups in total. The number of nitrogens with two attached hydrogens (primary N) is 1. The van der Waals surface area contributed by atoms with E-state index < -0.39 is 10.5 Å². The van der Waals surface area contributed by atoms with E-state index in [4.69, 9.17) is 5.73 Å². The number of hydrogen-bond donors (Lipinski definition) is 2. The molecule has 1 rings (SSSR count). The highest BCUT2D eigenvalue weighted by molar-refractivity contribution is 9.10. The van der Waals surface area contributed by atoms with Crippen LogP contribution in [0.4, 0.5) is 5.69 Å². The van der Waals surface area contributed by atoms with Crippen LogP contribution < -0.4 is 11.1 Å². The van der Waals surface area contributed by atoms with Crippen molar-refractivity contribution in [3.8, 4) is 0 Å². The number of amides is 1. The number of nitro benzene ring substituents is 1. The summed E-state index contributed by atoms with van der Waals surface area (Å²) >= 11 is 3.14. The minimum absolute atomic E-state index is 0. The van der Waals surface area contributed by atoms with Gasteiger partial charge in [-0.25, -0.2) is 0 Å². The lowest BCUT2D eigenvalue weighted by atomic mass is 10.1. The topological polar surface area (TPSA) is 98.3 Å². The van der Waals surface area contributed by atoms with E-state index in [0.717, 1.165) is 0 Å². The molecule has 0 aliphatic rings. The Morgan fingerprint density at radius 2 is 2.11 bits per heavy atom. The van der Waals surface area contributed by atoms with Gasteiger partial charge < -0.3 is 11.1 Å². The molecule has 6 nitrogen and oxygen atoms in total. The van der Waals surface area contributed by atoms with Crippen molar-refractivity contribution in [1.29, 1.82) is 0 Å². The summed E-state index contributed by atoms with van der Waals surface area (Å²) in [5, 5.41) is 13.2. The number of carbonyl (C=O) groups excluding carboxylic acids is 1. The minimum atomic E-state index is -0.518.